The summed E-state index contributed by atoms with van der Waals surface area (Å²) in [6, 6.07) is 13.4. The first-order valence-corrected chi connectivity index (χ1v) is 10.6. The highest BCUT2D eigenvalue weighted by Gasteiger charge is 2.18. The maximum absolute atomic E-state index is 12.5. The summed E-state index contributed by atoms with van der Waals surface area (Å²) in [5, 5.41) is 2.97. The molecule has 0 saturated carbocycles. The number of para-hydroxylation sites is 1. The standard InChI is InChI=1S/C23H29NO3S/c1-6-28-20-13-8-7-10-19(20)23(26)27-14-21(25)24-22-17(15(2)3)11-9-12-18(22)16(4)5/h7-13,15-16H,6,14H2,1-5H3,(H,24,25). The number of ether oxygens (including phenoxy) is 1. The molecule has 0 radical (unpaired) electrons. The quantitative estimate of drug-likeness (QED) is 0.447. The molecule has 0 saturated heterocycles. The molecule has 28 heavy (non-hydrogen) atoms. The van der Waals surface area contributed by atoms with E-state index in [2.05, 4.69) is 33.0 Å². The van der Waals surface area contributed by atoms with Crippen LogP contribution in [0.15, 0.2) is 47.4 Å². The minimum absolute atomic E-state index is 0.273. The number of anilines is 1. The lowest BCUT2D eigenvalue weighted by Crippen LogP contribution is -2.23. The lowest BCUT2D eigenvalue weighted by Gasteiger charge is -2.20. The molecule has 1 amide bonds. The van der Waals surface area contributed by atoms with Crippen molar-refractivity contribution in [3.05, 3.63) is 59.2 Å². The monoisotopic (exact) mass is 399 g/mol. The lowest BCUT2D eigenvalue weighted by molar-refractivity contribution is -0.119. The minimum Gasteiger partial charge on any atom is -0.452 e. The van der Waals surface area contributed by atoms with Gasteiger partial charge >= 0.3 is 5.97 Å². The van der Waals surface area contributed by atoms with Gasteiger partial charge in [-0.3, -0.25) is 4.79 Å². The summed E-state index contributed by atoms with van der Waals surface area (Å²) in [6.45, 7) is 10.1. The van der Waals surface area contributed by atoms with Crippen molar-refractivity contribution in [2.75, 3.05) is 17.7 Å². The van der Waals surface area contributed by atoms with Crippen LogP contribution >= 0.6 is 11.8 Å². The van der Waals surface area contributed by atoms with Crippen LogP contribution in [0.4, 0.5) is 5.69 Å². The van der Waals surface area contributed by atoms with Gasteiger partial charge in [0.2, 0.25) is 0 Å². The van der Waals surface area contributed by atoms with Crippen LogP contribution in [0, 0.1) is 0 Å². The van der Waals surface area contributed by atoms with Gasteiger partial charge in [-0.2, -0.15) is 0 Å². The van der Waals surface area contributed by atoms with E-state index in [1.165, 1.54) is 0 Å². The normalized spacial score (nSPS) is 11.0. The Labute approximate surface area is 172 Å². The maximum Gasteiger partial charge on any atom is 0.339 e. The average molecular weight is 400 g/mol. The maximum atomic E-state index is 12.5. The molecule has 150 valence electrons. The third kappa shape index (κ3) is 5.61. The number of thioether (sulfide) groups is 1. The molecule has 1 N–H and O–H groups in total. The smallest absolute Gasteiger partial charge is 0.339 e. The van der Waals surface area contributed by atoms with Crippen LogP contribution in [0.5, 0.6) is 0 Å². The minimum atomic E-state index is -0.479. The predicted molar refractivity (Wildman–Crippen MR) is 116 cm³/mol. The topological polar surface area (TPSA) is 55.4 Å². The summed E-state index contributed by atoms with van der Waals surface area (Å²) in [5.74, 6) is 0.593. The van der Waals surface area contributed by atoms with Gasteiger partial charge in [-0.25, -0.2) is 4.79 Å². The summed E-state index contributed by atoms with van der Waals surface area (Å²) in [7, 11) is 0. The number of benzene rings is 2. The number of rotatable bonds is 8. The van der Waals surface area contributed by atoms with Gasteiger partial charge in [-0.05, 0) is 40.8 Å². The van der Waals surface area contributed by atoms with Crippen LogP contribution in [-0.2, 0) is 9.53 Å². The van der Waals surface area contributed by atoms with Crippen LogP contribution in [-0.4, -0.2) is 24.2 Å². The Hall–Kier alpha value is -2.27. The van der Waals surface area contributed by atoms with Gasteiger partial charge in [0.1, 0.15) is 0 Å². The summed E-state index contributed by atoms with van der Waals surface area (Å²) < 4.78 is 5.29. The summed E-state index contributed by atoms with van der Waals surface area (Å²) in [4.78, 5) is 25.8. The zero-order chi connectivity index (χ0) is 20.7. The van der Waals surface area contributed by atoms with Gasteiger partial charge in [0.25, 0.3) is 5.91 Å². The number of carbonyl (C=O) groups excluding carboxylic acids is 2. The van der Waals surface area contributed by atoms with Crippen LogP contribution in [0.3, 0.4) is 0 Å². The summed E-state index contributed by atoms with van der Waals surface area (Å²) in [6.07, 6.45) is 0. The fourth-order valence-electron chi connectivity index (χ4n) is 3.00. The van der Waals surface area contributed by atoms with Crippen LogP contribution < -0.4 is 5.32 Å². The number of hydrogen-bond donors (Lipinski definition) is 1. The van der Waals surface area contributed by atoms with Crippen LogP contribution in [0.1, 0.15) is 67.9 Å². The Morgan fingerprint density at radius 2 is 1.57 bits per heavy atom. The number of hydrogen-bond acceptors (Lipinski definition) is 4. The third-order valence-corrected chi connectivity index (χ3v) is 5.33. The van der Waals surface area contributed by atoms with Crippen molar-refractivity contribution in [1.82, 2.24) is 0 Å². The number of amides is 1. The lowest BCUT2D eigenvalue weighted by atomic mass is 9.92. The van der Waals surface area contributed by atoms with Crippen molar-refractivity contribution in [1.29, 1.82) is 0 Å². The van der Waals surface area contributed by atoms with Gasteiger partial charge < -0.3 is 10.1 Å². The molecule has 0 bridgehead atoms. The zero-order valence-electron chi connectivity index (χ0n) is 17.2. The highest BCUT2D eigenvalue weighted by atomic mass is 32.2. The van der Waals surface area contributed by atoms with Crippen molar-refractivity contribution in [2.24, 2.45) is 0 Å². The van der Waals surface area contributed by atoms with E-state index < -0.39 is 5.97 Å². The van der Waals surface area contributed by atoms with E-state index >= 15 is 0 Å². The molecule has 0 spiro atoms. The number of carbonyl (C=O) groups is 2. The van der Waals surface area contributed by atoms with Crippen molar-refractivity contribution in [3.63, 3.8) is 0 Å². The van der Waals surface area contributed by atoms with Crippen molar-refractivity contribution in [3.8, 4) is 0 Å². The van der Waals surface area contributed by atoms with Gasteiger partial charge in [-0.15, -0.1) is 11.8 Å². The third-order valence-electron chi connectivity index (χ3n) is 4.38. The van der Waals surface area contributed by atoms with Crippen molar-refractivity contribution in [2.45, 2.75) is 51.3 Å². The van der Waals surface area contributed by atoms with Gasteiger partial charge in [0, 0.05) is 10.6 Å². The molecule has 2 aromatic rings. The molecule has 0 aromatic heterocycles. The molecule has 2 rings (SSSR count). The van der Waals surface area contributed by atoms with E-state index in [1.54, 1.807) is 23.9 Å². The first-order valence-electron chi connectivity index (χ1n) is 9.66. The largest absolute Gasteiger partial charge is 0.452 e. The van der Waals surface area contributed by atoms with E-state index in [9.17, 15) is 9.59 Å². The molecule has 2 aromatic carbocycles. The summed E-state index contributed by atoms with van der Waals surface area (Å²) >= 11 is 1.58. The molecule has 5 heteroatoms. The molecule has 0 atom stereocenters. The SMILES string of the molecule is CCSc1ccccc1C(=O)OCC(=O)Nc1c(C(C)C)cccc1C(C)C. The van der Waals surface area contributed by atoms with E-state index in [4.69, 9.17) is 4.74 Å². The molecular weight excluding hydrogens is 370 g/mol. The molecule has 0 heterocycles. The van der Waals surface area contributed by atoms with E-state index in [0.717, 1.165) is 27.5 Å². The Balaban J connectivity index is 2.10. The summed E-state index contributed by atoms with van der Waals surface area (Å²) in [5.41, 5.74) is 3.48. The highest BCUT2D eigenvalue weighted by Crippen LogP contribution is 2.32. The first-order chi connectivity index (χ1) is 13.3. The van der Waals surface area contributed by atoms with Crippen molar-refractivity contribution < 1.29 is 14.3 Å². The van der Waals surface area contributed by atoms with E-state index in [0.29, 0.717) is 5.56 Å². The second-order valence-corrected chi connectivity index (χ2v) is 8.48. The zero-order valence-corrected chi connectivity index (χ0v) is 18.1. The van der Waals surface area contributed by atoms with Gasteiger partial charge in [0.05, 0.1) is 5.56 Å². The molecule has 0 fully saturated rings. The molecule has 0 aliphatic carbocycles. The second kappa shape index (κ2) is 10.3. The van der Waals surface area contributed by atoms with Gasteiger partial charge in [0.15, 0.2) is 6.61 Å². The van der Waals surface area contributed by atoms with Gasteiger partial charge in [-0.1, -0.05) is 65.0 Å². The fraction of sp³-hybridized carbons (Fsp3) is 0.391. The Kier molecular flexibility index (Phi) is 8.12. The van der Waals surface area contributed by atoms with E-state index in [-0.39, 0.29) is 24.3 Å². The highest BCUT2D eigenvalue weighted by molar-refractivity contribution is 7.99. The fourth-order valence-corrected chi connectivity index (χ4v) is 3.79. The Morgan fingerprint density at radius 3 is 2.14 bits per heavy atom. The second-order valence-electron chi connectivity index (χ2n) is 7.17. The van der Waals surface area contributed by atoms with Crippen LogP contribution in [0.25, 0.3) is 0 Å². The van der Waals surface area contributed by atoms with Crippen LogP contribution in [0.2, 0.25) is 0 Å². The Bertz CT molecular complexity index is 804. The van der Waals surface area contributed by atoms with E-state index in [1.807, 2.05) is 37.3 Å². The molecular formula is C23H29NO3S. The number of nitrogens with one attached hydrogen (secondary N) is 1. The molecule has 0 unspecified atom stereocenters. The number of esters is 1. The Morgan fingerprint density at radius 1 is 0.964 bits per heavy atom. The first kappa shape index (κ1) is 22.0. The predicted octanol–water partition coefficient (Wildman–Crippen LogP) is 5.84. The van der Waals surface area contributed by atoms with Crippen molar-refractivity contribution >= 4 is 29.3 Å². The molecule has 0 aliphatic heterocycles. The molecule has 0 aliphatic rings. The molecule has 4 nitrogen and oxygen atoms in total. The average Bonchev–Trinajstić information content (AvgIpc) is 2.66.